The van der Waals surface area contributed by atoms with Crippen LogP contribution in [0.15, 0.2) is 46.2 Å². The smallest absolute Gasteiger partial charge is 0.333 e. The Morgan fingerprint density at radius 2 is 1.85 bits per heavy atom. The van der Waals surface area contributed by atoms with Crippen LogP contribution >= 0.6 is 0 Å². The first-order valence-electron chi connectivity index (χ1n) is 11.0. The second-order valence-electron chi connectivity index (χ2n) is 8.21. The number of fused-ring (bicyclic) bond motifs is 1. The van der Waals surface area contributed by atoms with Crippen molar-refractivity contribution in [2.75, 3.05) is 26.9 Å². The molecule has 0 unspecified atom stereocenters. The van der Waals surface area contributed by atoms with E-state index in [1.165, 1.54) is 18.0 Å². The quantitative estimate of drug-likeness (QED) is 0.400. The predicted molar refractivity (Wildman–Crippen MR) is 124 cm³/mol. The lowest BCUT2D eigenvalue weighted by molar-refractivity contribution is -0.149. The zero-order chi connectivity index (χ0) is 24.7. The van der Waals surface area contributed by atoms with Crippen LogP contribution in [0.1, 0.15) is 19.4 Å². The number of aromatic nitrogens is 4. The minimum absolute atomic E-state index is 0.157. The van der Waals surface area contributed by atoms with Crippen LogP contribution in [0.25, 0.3) is 11.2 Å². The zero-order valence-corrected chi connectivity index (χ0v) is 19.5. The van der Waals surface area contributed by atoms with Crippen molar-refractivity contribution in [3.05, 3.63) is 63.1 Å². The van der Waals surface area contributed by atoms with E-state index in [0.29, 0.717) is 19.7 Å². The van der Waals surface area contributed by atoms with Gasteiger partial charge in [0.15, 0.2) is 17.8 Å². The Morgan fingerprint density at radius 1 is 1.12 bits per heavy atom. The van der Waals surface area contributed by atoms with Gasteiger partial charge < -0.3 is 19.4 Å². The first kappa shape index (κ1) is 24.9. The molecule has 1 aromatic carbocycles. The second-order valence-corrected chi connectivity index (χ2v) is 8.21. The summed E-state index contributed by atoms with van der Waals surface area (Å²) in [6, 6.07) is 9.23. The molecule has 1 amide bonds. The highest BCUT2D eigenvalue weighted by atomic mass is 16.5. The summed E-state index contributed by atoms with van der Waals surface area (Å²) in [5, 5.41) is 2.63. The first-order valence-corrected chi connectivity index (χ1v) is 11.0. The number of rotatable bonds is 11. The lowest BCUT2D eigenvalue weighted by Crippen LogP contribution is -2.43. The summed E-state index contributed by atoms with van der Waals surface area (Å²) in [6.07, 6.45) is 1.47. The first-order chi connectivity index (χ1) is 16.3. The molecule has 0 saturated heterocycles. The molecule has 11 heteroatoms. The Bertz CT molecular complexity index is 1260. The molecule has 0 aliphatic carbocycles. The number of benzene rings is 1. The second kappa shape index (κ2) is 11.4. The average Bonchev–Trinajstić information content (AvgIpc) is 3.25. The molecule has 0 radical (unpaired) electrons. The molecule has 0 saturated carbocycles. The summed E-state index contributed by atoms with van der Waals surface area (Å²) >= 11 is 0. The van der Waals surface area contributed by atoms with Crippen molar-refractivity contribution in [1.82, 2.24) is 24.0 Å². The van der Waals surface area contributed by atoms with Crippen LogP contribution in [0.3, 0.4) is 0 Å². The van der Waals surface area contributed by atoms with Gasteiger partial charge in [-0.1, -0.05) is 44.2 Å². The van der Waals surface area contributed by atoms with E-state index in [1.807, 2.05) is 44.2 Å². The van der Waals surface area contributed by atoms with E-state index in [0.717, 1.165) is 10.1 Å². The molecule has 0 spiro atoms. The number of methoxy groups -OCH3 is 1. The van der Waals surface area contributed by atoms with E-state index in [9.17, 15) is 19.2 Å². The molecule has 3 rings (SSSR count). The largest absolute Gasteiger partial charge is 0.454 e. The number of ether oxygens (including phenoxy) is 2. The Hall–Kier alpha value is -3.73. The summed E-state index contributed by atoms with van der Waals surface area (Å²) in [4.78, 5) is 55.0. The Kier molecular flexibility index (Phi) is 8.36. The van der Waals surface area contributed by atoms with Gasteiger partial charge in [-0.15, -0.1) is 0 Å². The van der Waals surface area contributed by atoms with Crippen LogP contribution in [0, 0.1) is 5.92 Å². The molecule has 11 nitrogen and oxygen atoms in total. The molecule has 34 heavy (non-hydrogen) atoms. The van der Waals surface area contributed by atoms with Crippen molar-refractivity contribution in [2.24, 2.45) is 5.92 Å². The van der Waals surface area contributed by atoms with Crippen molar-refractivity contribution < 1.29 is 19.1 Å². The maximum Gasteiger partial charge on any atom is 0.333 e. The van der Waals surface area contributed by atoms with Crippen LogP contribution in [-0.4, -0.2) is 57.4 Å². The minimum atomic E-state index is -0.868. The van der Waals surface area contributed by atoms with Gasteiger partial charge in [0.1, 0.15) is 6.54 Å². The van der Waals surface area contributed by atoms with Gasteiger partial charge in [0.2, 0.25) is 0 Å². The van der Waals surface area contributed by atoms with E-state index >= 15 is 0 Å². The highest BCUT2D eigenvalue weighted by molar-refractivity contribution is 5.80. The molecule has 1 N–H and O–H groups in total. The van der Waals surface area contributed by atoms with Gasteiger partial charge in [-0.3, -0.25) is 19.0 Å². The third-order valence-corrected chi connectivity index (χ3v) is 5.06. The highest BCUT2D eigenvalue weighted by Crippen LogP contribution is 2.10. The zero-order valence-electron chi connectivity index (χ0n) is 19.5. The Morgan fingerprint density at radius 3 is 2.53 bits per heavy atom. The predicted octanol–water partition coefficient (Wildman–Crippen LogP) is 0.370. The standard InChI is InChI=1S/C23H29N5O6/c1-16(2)11-24-18(29)14-34-19(30)13-28-22(31)20-21(25-15-26(20)9-10-33-3)27(23(28)32)12-17-7-5-4-6-8-17/h4-8,15-16H,9-14H2,1-3H3,(H,24,29). The number of amides is 1. The van der Waals surface area contributed by atoms with Gasteiger partial charge >= 0.3 is 11.7 Å². The number of nitrogens with zero attached hydrogens (tertiary/aromatic N) is 4. The number of hydrogen-bond donors (Lipinski definition) is 1. The van der Waals surface area contributed by atoms with Gasteiger partial charge in [0, 0.05) is 20.2 Å². The number of imidazole rings is 1. The number of nitrogens with one attached hydrogen (secondary N) is 1. The van der Waals surface area contributed by atoms with E-state index in [2.05, 4.69) is 10.3 Å². The van der Waals surface area contributed by atoms with Crippen molar-refractivity contribution in [3.8, 4) is 0 Å². The third-order valence-electron chi connectivity index (χ3n) is 5.06. The number of carbonyl (C=O) groups excluding carboxylic acids is 2. The van der Waals surface area contributed by atoms with Gasteiger partial charge in [-0.25, -0.2) is 14.3 Å². The van der Waals surface area contributed by atoms with E-state index < -0.39 is 36.3 Å². The fourth-order valence-electron chi connectivity index (χ4n) is 3.34. The van der Waals surface area contributed by atoms with Crippen LogP contribution in [0.4, 0.5) is 0 Å². The summed E-state index contributed by atoms with van der Waals surface area (Å²) < 4.78 is 13.8. The average molecular weight is 472 g/mol. The number of carbonyl (C=O) groups is 2. The molecule has 0 fully saturated rings. The monoisotopic (exact) mass is 471 g/mol. The van der Waals surface area contributed by atoms with Crippen molar-refractivity contribution >= 4 is 23.0 Å². The fraction of sp³-hybridized carbons (Fsp3) is 0.435. The molecule has 0 atom stereocenters. The van der Waals surface area contributed by atoms with Crippen LogP contribution in [0.5, 0.6) is 0 Å². The topological polar surface area (TPSA) is 126 Å². The summed E-state index contributed by atoms with van der Waals surface area (Å²) in [6.45, 7) is 4.02. The number of hydrogen-bond acceptors (Lipinski definition) is 7. The third kappa shape index (κ3) is 5.98. The van der Waals surface area contributed by atoms with E-state index in [-0.39, 0.29) is 23.6 Å². The Balaban J connectivity index is 1.93. The normalized spacial score (nSPS) is 11.2. The summed E-state index contributed by atoms with van der Waals surface area (Å²) in [5.74, 6) is -1.08. The molecule has 182 valence electrons. The van der Waals surface area contributed by atoms with Gasteiger partial charge in [0.25, 0.3) is 11.5 Å². The molecule has 3 aromatic rings. The van der Waals surface area contributed by atoms with E-state index in [4.69, 9.17) is 9.47 Å². The Labute approximate surface area is 195 Å². The summed E-state index contributed by atoms with van der Waals surface area (Å²) in [5.41, 5.74) is -0.145. The maximum atomic E-state index is 13.2. The lowest BCUT2D eigenvalue weighted by atomic mass is 10.2. The van der Waals surface area contributed by atoms with Gasteiger partial charge in [-0.2, -0.15) is 0 Å². The van der Waals surface area contributed by atoms with Crippen molar-refractivity contribution in [1.29, 1.82) is 0 Å². The fourth-order valence-corrected chi connectivity index (χ4v) is 3.34. The minimum Gasteiger partial charge on any atom is -0.454 e. The van der Waals surface area contributed by atoms with Crippen molar-refractivity contribution in [2.45, 2.75) is 33.5 Å². The maximum absolute atomic E-state index is 13.2. The molecule has 0 bridgehead atoms. The molecular weight excluding hydrogens is 442 g/mol. The lowest BCUT2D eigenvalue weighted by Gasteiger charge is -2.13. The van der Waals surface area contributed by atoms with Crippen LogP contribution < -0.4 is 16.6 Å². The molecule has 0 aliphatic rings. The molecular formula is C23H29N5O6. The van der Waals surface area contributed by atoms with Crippen LogP contribution in [-0.2, 0) is 38.7 Å². The number of esters is 1. The van der Waals surface area contributed by atoms with Gasteiger partial charge in [0.05, 0.1) is 19.5 Å². The highest BCUT2D eigenvalue weighted by Gasteiger charge is 2.20. The van der Waals surface area contributed by atoms with Crippen LogP contribution in [0.2, 0.25) is 0 Å². The van der Waals surface area contributed by atoms with E-state index in [1.54, 1.807) is 4.57 Å². The SMILES string of the molecule is COCCn1cnc2c1c(=O)n(CC(=O)OCC(=O)NCC(C)C)c(=O)n2Cc1ccccc1. The van der Waals surface area contributed by atoms with Crippen molar-refractivity contribution in [3.63, 3.8) is 0 Å². The molecule has 2 aromatic heterocycles. The molecule has 0 aliphatic heterocycles. The molecule has 2 heterocycles. The van der Waals surface area contributed by atoms with Gasteiger partial charge in [-0.05, 0) is 11.5 Å². The summed E-state index contributed by atoms with van der Waals surface area (Å²) in [7, 11) is 1.54.